The minimum atomic E-state index is -0.211. The Kier molecular flexibility index (Phi) is 4.54. The molecule has 4 heteroatoms. The highest BCUT2D eigenvalue weighted by molar-refractivity contribution is 7.07. The monoisotopic (exact) mass is 269 g/mol. The van der Waals surface area contributed by atoms with Crippen molar-refractivity contribution in [3.05, 3.63) is 57.0 Å². The molecule has 0 fully saturated rings. The molecule has 0 atom stereocenters. The number of nitrogens with one attached hydrogen (secondary N) is 1. The Morgan fingerprint density at radius 2 is 2.18 bits per heavy atom. The Morgan fingerprint density at radius 3 is 2.94 bits per heavy atom. The van der Waals surface area contributed by atoms with Crippen molar-refractivity contribution < 1.29 is 4.39 Å². The van der Waals surface area contributed by atoms with Gasteiger partial charge in [0.25, 0.3) is 0 Å². The van der Waals surface area contributed by atoms with Gasteiger partial charge in [0, 0.05) is 17.1 Å². The second-order valence-electron chi connectivity index (χ2n) is 3.79. The molecular weight excluding hydrogens is 257 g/mol. The predicted molar refractivity (Wildman–Crippen MR) is 71.1 cm³/mol. The molecule has 0 radical (unpaired) electrons. The third-order valence-corrected chi connectivity index (χ3v) is 3.46. The number of rotatable bonds is 5. The Bertz CT molecular complexity index is 470. The van der Waals surface area contributed by atoms with Crippen molar-refractivity contribution in [1.29, 1.82) is 0 Å². The Hall–Kier alpha value is -0.900. The SMILES string of the molecule is Fc1ccc(Cl)cc1CNCCc1ccsc1. The van der Waals surface area contributed by atoms with Crippen LogP contribution in [0.3, 0.4) is 0 Å². The summed E-state index contributed by atoms with van der Waals surface area (Å²) >= 11 is 7.51. The number of benzene rings is 1. The van der Waals surface area contributed by atoms with Gasteiger partial charge < -0.3 is 5.32 Å². The quantitative estimate of drug-likeness (QED) is 0.813. The first-order valence-corrected chi connectivity index (χ1v) is 6.73. The van der Waals surface area contributed by atoms with Crippen LogP contribution in [0.2, 0.25) is 5.02 Å². The standard InChI is InChI=1S/C13H13ClFNS/c14-12-1-2-13(15)11(7-12)8-16-5-3-10-4-6-17-9-10/h1-2,4,6-7,9,16H,3,5,8H2. The second-order valence-corrected chi connectivity index (χ2v) is 5.01. The highest BCUT2D eigenvalue weighted by atomic mass is 35.5. The fourth-order valence-electron chi connectivity index (χ4n) is 1.57. The van der Waals surface area contributed by atoms with E-state index in [9.17, 15) is 4.39 Å². The van der Waals surface area contributed by atoms with E-state index in [0.717, 1.165) is 13.0 Å². The molecule has 2 rings (SSSR count). The summed E-state index contributed by atoms with van der Waals surface area (Å²) in [6.45, 7) is 1.35. The molecule has 0 unspecified atom stereocenters. The number of hydrogen-bond donors (Lipinski definition) is 1. The van der Waals surface area contributed by atoms with E-state index in [2.05, 4.69) is 22.1 Å². The second kappa shape index (κ2) is 6.15. The lowest BCUT2D eigenvalue weighted by atomic mass is 10.2. The van der Waals surface area contributed by atoms with Gasteiger partial charge in [0.1, 0.15) is 5.82 Å². The largest absolute Gasteiger partial charge is 0.312 e. The Labute approximate surface area is 109 Å². The summed E-state index contributed by atoms with van der Waals surface area (Å²) in [5.74, 6) is -0.211. The van der Waals surface area contributed by atoms with E-state index in [1.165, 1.54) is 11.6 Å². The van der Waals surface area contributed by atoms with Crippen molar-refractivity contribution in [2.45, 2.75) is 13.0 Å². The van der Waals surface area contributed by atoms with Crippen LogP contribution in [-0.4, -0.2) is 6.54 Å². The van der Waals surface area contributed by atoms with Crippen LogP contribution in [0.15, 0.2) is 35.0 Å². The van der Waals surface area contributed by atoms with Crippen LogP contribution in [0.25, 0.3) is 0 Å². The molecule has 0 aliphatic heterocycles. The smallest absolute Gasteiger partial charge is 0.127 e. The zero-order chi connectivity index (χ0) is 12.1. The minimum absolute atomic E-state index is 0.211. The van der Waals surface area contributed by atoms with Crippen molar-refractivity contribution in [1.82, 2.24) is 5.32 Å². The van der Waals surface area contributed by atoms with Gasteiger partial charge in [-0.05, 0) is 53.6 Å². The van der Waals surface area contributed by atoms with Crippen LogP contribution in [0.5, 0.6) is 0 Å². The fourth-order valence-corrected chi connectivity index (χ4v) is 2.47. The maximum Gasteiger partial charge on any atom is 0.127 e. The van der Waals surface area contributed by atoms with Gasteiger partial charge >= 0.3 is 0 Å². The van der Waals surface area contributed by atoms with E-state index in [0.29, 0.717) is 17.1 Å². The highest BCUT2D eigenvalue weighted by Crippen LogP contribution is 2.14. The average Bonchev–Trinajstić information content (AvgIpc) is 2.82. The maximum absolute atomic E-state index is 13.4. The maximum atomic E-state index is 13.4. The third-order valence-electron chi connectivity index (χ3n) is 2.49. The zero-order valence-electron chi connectivity index (χ0n) is 9.25. The van der Waals surface area contributed by atoms with Gasteiger partial charge in [-0.1, -0.05) is 11.6 Å². The molecule has 0 amide bonds. The summed E-state index contributed by atoms with van der Waals surface area (Å²) in [5.41, 5.74) is 1.93. The lowest BCUT2D eigenvalue weighted by molar-refractivity contribution is 0.588. The summed E-state index contributed by atoms with van der Waals surface area (Å²) < 4.78 is 13.4. The van der Waals surface area contributed by atoms with Crippen molar-refractivity contribution in [2.75, 3.05) is 6.54 Å². The van der Waals surface area contributed by atoms with Crippen LogP contribution >= 0.6 is 22.9 Å². The van der Waals surface area contributed by atoms with Gasteiger partial charge in [0.15, 0.2) is 0 Å². The van der Waals surface area contributed by atoms with Crippen molar-refractivity contribution in [3.63, 3.8) is 0 Å². The first-order chi connectivity index (χ1) is 8.25. The molecule has 2 aromatic rings. The lowest BCUT2D eigenvalue weighted by Crippen LogP contribution is -2.17. The molecule has 1 N–H and O–H groups in total. The van der Waals surface area contributed by atoms with Gasteiger partial charge in [-0.15, -0.1) is 0 Å². The number of hydrogen-bond acceptors (Lipinski definition) is 2. The Morgan fingerprint density at radius 1 is 1.29 bits per heavy atom. The summed E-state index contributed by atoms with van der Waals surface area (Å²) in [7, 11) is 0. The first-order valence-electron chi connectivity index (χ1n) is 5.41. The molecule has 0 bridgehead atoms. The number of halogens is 2. The summed E-state index contributed by atoms with van der Waals surface area (Å²) in [4.78, 5) is 0. The van der Waals surface area contributed by atoms with E-state index in [1.54, 1.807) is 23.5 Å². The molecule has 0 aliphatic carbocycles. The minimum Gasteiger partial charge on any atom is -0.312 e. The molecule has 1 heterocycles. The van der Waals surface area contributed by atoms with Crippen molar-refractivity contribution in [2.24, 2.45) is 0 Å². The van der Waals surface area contributed by atoms with Gasteiger partial charge in [0.05, 0.1) is 0 Å². The van der Waals surface area contributed by atoms with E-state index in [1.807, 2.05) is 0 Å². The van der Waals surface area contributed by atoms with Gasteiger partial charge in [0.2, 0.25) is 0 Å². The van der Waals surface area contributed by atoms with E-state index in [4.69, 9.17) is 11.6 Å². The first kappa shape index (κ1) is 12.6. The topological polar surface area (TPSA) is 12.0 Å². The van der Waals surface area contributed by atoms with E-state index in [-0.39, 0.29) is 5.82 Å². The lowest BCUT2D eigenvalue weighted by Gasteiger charge is -2.05. The molecule has 0 saturated carbocycles. The number of thiophene rings is 1. The molecule has 90 valence electrons. The van der Waals surface area contributed by atoms with E-state index >= 15 is 0 Å². The molecule has 1 aromatic carbocycles. The molecule has 1 aromatic heterocycles. The summed E-state index contributed by atoms with van der Waals surface area (Å²) in [6.07, 6.45) is 0.964. The third kappa shape index (κ3) is 3.80. The molecule has 0 spiro atoms. The molecular formula is C13H13ClFNS. The molecule has 0 saturated heterocycles. The van der Waals surface area contributed by atoms with Gasteiger partial charge in [-0.2, -0.15) is 11.3 Å². The van der Waals surface area contributed by atoms with Crippen LogP contribution in [0, 0.1) is 5.82 Å². The van der Waals surface area contributed by atoms with Crippen molar-refractivity contribution >= 4 is 22.9 Å². The fraction of sp³-hybridized carbons (Fsp3) is 0.231. The zero-order valence-corrected chi connectivity index (χ0v) is 10.8. The van der Waals surface area contributed by atoms with Crippen LogP contribution in [-0.2, 0) is 13.0 Å². The average molecular weight is 270 g/mol. The normalized spacial score (nSPS) is 10.7. The Balaban J connectivity index is 1.80. The highest BCUT2D eigenvalue weighted by Gasteiger charge is 2.02. The summed E-state index contributed by atoms with van der Waals surface area (Å²) in [6, 6.07) is 6.73. The van der Waals surface area contributed by atoms with Gasteiger partial charge in [-0.3, -0.25) is 0 Å². The van der Waals surface area contributed by atoms with Gasteiger partial charge in [-0.25, -0.2) is 4.39 Å². The summed E-state index contributed by atoms with van der Waals surface area (Å²) in [5, 5.41) is 7.97. The molecule has 1 nitrogen and oxygen atoms in total. The van der Waals surface area contributed by atoms with Crippen LogP contribution in [0.1, 0.15) is 11.1 Å². The van der Waals surface area contributed by atoms with Crippen molar-refractivity contribution in [3.8, 4) is 0 Å². The van der Waals surface area contributed by atoms with Crippen LogP contribution < -0.4 is 5.32 Å². The molecule has 0 aliphatic rings. The molecule has 17 heavy (non-hydrogen) atoms. The van der Waals surface area contributed by atoms with Crippen LogP contribution in [0.4, 0.5) is 4.39 Å². The van der Waals surface area contributed by atoms with E-state index < -0.39 is 0 Å². The predicted octanol–water partition coefficient (Wildman–Crippen LogP) is 3.87.